The fraction of sp³-hybridized carbons (Fsp3) is 0.471. The molecule has 0 atom stereocenters. The highest BCUT2D eigenvalue weighted by Gasteiger charge is 2.20. The zero-order valence-electron chi connectivity index (χ0n) is 12.1. The summed E-state index contributed by atoms with van der Waals surface area (Å²) in [5, 5.41) is 13.5. The van der Waals surface area contributed by atoms with E-state index < -0.39 is 5.97 Å². The van der Waals surface area contributed by atoms with Crippen LogP contribution in [0.4, 0.5) is 0 Å². The lowest BCUT2D eigenvalue weighted by molar-refractivity contribution is 0.0696. The first-order chi connectivity index (χ1) is 10.3. The van der Waals surface area contributed by atoms with Gasteiger partial charge < -0.3 is 14.8 Å². The monoisotopic (exact) mass is 287 g/mol. The molecule has 1 aromatic carbocycles. The van der Waals surface area contributed by atoms with Gasteiger partial charge in [0.25, 0.3) is 0 Å². The second kappa shape index (κ2) is 6.31. The van der Waals surface area contributed by atoms with Gasteiger partial charge in [-0.3, -0.25) is 0 Å². The molecule has 4 heteroatoms. The highest BCUT2D eigenvalue weighted by molar-refractivity contribution is 6.03. The normalized spacial score (nSPS) is 16.4. The molecule has 0 unspecified atom stereocenters. The molecule has 0 amide bonds. The summed E-state index contributed by atoms with van der Waals surface area (Å²) in [4.78, 5) is 11.5. The molecule has 0 saturated heterocycles. The Morgan fingerprint density at radius 3 is 2.76 bits per heavy atom. The van der Waals surface area contributed by atoms with Crippen LogP contribution in [0.1, 0.15) is 48.2 Å². The molecule has 2 N–H and O–H groups in total. The Morgan fingerprint density at radius 2 is 2.00 bits per heavy atom. The molecule has 1 fully saturated rings. The van der Waals surface area contributed by atoms with Gasteiger partial charge in [0.15, 0.2) is 0 Å². The summed E-state index contributed by atoms with van der Waals surface area (Å²) >= 11 is 0. The third kappa shape index (κ3) is 3.10. The van der Waals surface area contributed by atoms with Crippen LogP contribution in [0.25, 0.3) is 11.0 Å². The number of furan rings is 1. The Bertz CT molecular complexity index is 626. The molecule has 1 aromatic heterocycles. The van der Waals surface area contributed by atoms with Gasteiger partial charge in [-0.25, -0.2) is 4.79 Å². The van der Waals surface area contributed by atoms with Gasteiger partial charge in [0.1, 0.15) is 16.9 Å². The highest BCUT2D eigenvalue weighted by atomic mass is 16.4. The maximum atomic E-state index is 11.5. The molecule has 21 heavy (non-hydrogen) atoms. The number of carbonyl (C=O) groups is 1. The molecular formula is C17H21NO3. The number of carboxylic acid groups (broad SMARTS) is 1. The SMILES string of the molecule is O=C(O)c1c(CNCC2CCCCC2)oc2ccccc12. The minimum Gasteiger partial charge on any atom is -0.478 e. The maximum Gasteiger partial charge on any atom is 0.339 e. The number of nitrogens with one attached hydrogen (secondary N) is 1. The Labute approximate surface area is 124 Å². The van der Waals surface area contributed by atoms with Crippen molar-refractivity contribution >= 4 is 16.9 Å². The van der Waals surface area contributed by atoms with Gasteiger partial charge >= 0.3 is 5.97 Å². The number of benzene rings is 1. The number of para-hydroxylation sites is 1. The number of hydrogen-bond acceptors (Lipinski definition) is 3. The predicted molar refractivity (Wildman–Crippen MR) is 81.5 cm³/mol. The van der Waals surface area contributed by atoms with Gasteiger partial charge in [-0.05, 0) is 31.4 Å². The van der Waals surface area contributed by atoms with Gasteiger partial charge in [-0.2, -0.15) is 0 Å². The van der Waals surface area contributed by atoms with E-state index in [9.17, 15) is 9.90 Å². The third-order valence-corrected chi connectivity index (χ3v) is 4.33. The van der Waals surface area contributed by atoms with Crippen LogP contribution in [0.2, 0.25) is 0 Å². The molecule has 1 aliphatic carbocycles. The zero-order valence-corrected chi connectivity index (χ0v) is 12.1. The van der Waals surface area contributed by atoms with E-state index in [1.165, 1.54) is 32.1 Å². The molecule has 0 bridgehead atoms. The topological polar surface area (TPSA) is 62.5 Å². The maximum absolute atomic E-state index is 11.5. The molecule has 3 rings (SSSR count). The van der Waals surface area contributed by atoms with Gasteiger partial charge in [-0.15, -0.1) is 0 Å². The molecule has 4 nitrogen and oxygen atoms in total. The molecule has 2 aromatic rings. The fourth-order valence-electron chi connectivity index (χ4n) is 3.24. The average Bonchev–Trinajstić information content (AvgIpc) is 2.86. The Morgan fingerprint density at radius 1 is 1.24 bits per heavy atom. The van der Waals surface area contributed by atoms with E-state index in [4.69, 9.17) is 4.42 Å². The van der Waals surface area contributed by atoms with E-state index in [1.54, 1.807) is 6.07 Å². The van der Waals surface area contributed by atoms with Crippen LogP contribution in [0.15, 0.2) is 28.7 Å². The molecule has 1 aliphatic rings. The van der Waals surface area contributed by atoms with Gasteiger partial charge in [-0.1, -0.05) is 37.5 Å². The summed E-state index contributed by atoms with van der Waals surface area (Å²) in [5.41, 5.74) is 0.936. The minimum absolute atomic E-state index is 0.293. The Kier molecular flexibility index (Phi) is 4.25. The molecule has 1 heterocycles. The van der Waals surface area contributed by atoms with Crippen LogP contribution in [0, 0.1) is 5.92 Å². The summed E-state index contributed by atoms with van der Waals surface area (Å²) in [7, 11) is 0. The highest BCUT2D eigenvalue weighted by Crippen LogP contribution is 2.26. The van der Waals surface area contributed by atoms with Crippen LogP contribution in [-0.2, 0) is 6.54 Å². The quantitative estimate of drug-likeness (QED) is 0.878. The van der Waals surface area contributed by atoms with Crippen LogP contribution in [-0.4, -0.2) is 17.6 Å². The first-order valence-corrected chi connectivity index (χ1v) is 7.70. The van der Waals surface area contributed by atoms with Crippen molar-refractivity contribution in [3.63, 3.8) is 0 Å². The van der Waals surface area contributed by atoms with Crippen molar-refractivity contribution in [2.75, 3.05) is 6.54 Å². The van der Waals surface area contributed by atoms with Crippen molar-refractivity contribution in [2.24, 2.45) is 5.92 Å². The molecule has 0 radical (unpaired) electrons. The van der Waals surface area contributed by atoms with E-state index in [0.717, 1.165) is 12.5 Å². The van der Waals surface area contributed by atoms with Crippen LogP contribution in [0.3, 0.4) is 0 Å². The van der Waals surface area contributed by atoms with Crippen molar-refractivity contribution in [1.82, 2.24) is 5.32 Å². The molecule has 0 spiro atoms. The molecule has 112 valence electrons. The van der Waals surface area contributed by atoms with Gasteiger partial charge in [0.05, 0.1) is 6.54 Å². The first kappa shape index (κ1) is 14.1. The lowest BCUT2D eigenvalue weighted by Gasteiger charge is -2.21. The average molecular weight is 287 g/mol. The van der Waals surface area contributed by atoms with Crippen LogP contribution in [0.5, 0.6) is 0 Å². The van der Waals surface area contributed by atoms with Gasteiger partial charge in [0.2, 0.25) is 0 Å². The summed E-state index contributed by atoms with van der Waals surface area (Å²) in [6.07, 6.45) is 6.54. The standard InChI is InChI=1S/C17H21NO3/c19-17(20)16-13-8-4-5-9-14(13)21-15(16)11-18-10-12-6-2-1-3-7-12/h4-5,8-9,12,18H,1-3,6-7,10-11H2,(H,19,20). The van der Waals surface area contributed by atoms with Crippen LogP contribution < -0.4 is 5.32 Å². The molecule has 1 saturated carbocycles. The Balaban J connectivity index is 1.71. The Hall–Kier alpha value is -1.81. The molecule has 0 aliphatic heterocycles. The van der Waals surface area contributed by atoms with Gasteiger partial charge in [0, 0.05) is 5.39 Å². The van der Waals surface area contributed by atoms with E-state index in [0.29, 0.717) is 28.8 Å². The van der Waals surface area contributed by atoms with E-state index in [2.05, 4.69) is 5.32 Å². The summed E-state index contributed by atoms with van der Waals surface area (Å²) in [6.45, 7) is 1.42. The smallest absolute Gasteiger partial charge is 0.339 e. The zero-order chi connectivity index (χ0) is 14.7. The lowest BCUT2D eigenvalue weighted by atomic mass is 9.89. The number of rotatable bonds is 5. The second-order valence-corrected chi connectivity index (χ2v) is 5.84. The minimum atomic E-state index is -0.922. The summed E-state index contributed by atoms with van der Waals surface area (Å²) in [6, 6.07) is 7.31. The van der Waals surface area contributed by atoms with Crippen LogP contribution >= 0.6 is 0 Å². The number of fused-ring (bicyclic) bond motifs is 1. The third-order valence-electron chi connectivity index (χ3n) is 4.33. The van der Waals surface area contributed by atoms with Crippen molar-refractivity contribution in [3.05, 3.63) is 35.6 Å². The fourth-order valence-corrected chi connectivity index (χ4v) is 3.24. The van der Waals surface area contributed by atoms with E-state index in [1.807, 2.05) is 18.2 Å². The number of carboxylic acids is 1. The number of aromatic carboxylic acids is 1. The van der Waals surface area contributed by atoms with Crippen molar-refractivity contribution in [3.8, 4) is 0 Å². The summed E-state index contributed by atoms with van der Waals surface area (Å²) < 4.78 is 5.71. The second-order valence-electron chi connectivity index (χ2n) is 5.84. The van der Waals surface area contributed by atoms with E-state index >= 15 is 0 Å². The van der Waals surface area contributed by atoms with E-state index in [-0.39, 0.29) is 0 Å². The molecular weight excluding hydrogens is 266 g/mol. The first-order valence-electron chi connectivity index (χ1n) is 7.70. The lowest BCUT2D eigenvalue weighted by Crippen LogP contribution is -2.24. The number of hydrogen-bond donors (Lipinski definition) is 2. The largest absolute Gasteiger partial charge is 0.478 e. The van der Waals surface area contributed by atoms with Crippen molar-refractivity contribution in [1.29, 1.82) is 0 Å². The van der Waals surface area contributed by atoms with Crippen molar-refractivity contribution < 1.29 is 14.3 Å². The summed E-state index contributed by atoms with van der Waals surface area (Å²) in [5.74, 6) is 0.324. The predicted octanol–water partition coefficient (Wildman–Crippen LogP) is 3.80. The van der Waals surface area contributed by atoms with Crippen molar-refractivity contribution in [2.45, 2.75) is 38.6 Å².